The summed E-state index contributed by atoms with van der Waals surface area (Å²) in [6.07, 6.45) is 0. The van der Waals surface area contributed by atoms with Crippen LogP contribution in [0.25, 0.3) is 0 Å². The number of rotatable bonds is 3. The van der Waals surface area contributed by atoms with E-state index in [9.17, 15) is 0 Å². The molecule has 0 aliphatic heterocycles. The van der Waals surface area contributed by atoms with Crippen LogP contribution < -0.4 is 4.74 Å². The van der Waals surface area contributed by atoms with Crippen molar-refractivity contribution >= 4 is 15.9 Å². The predicted octanol–water partition coefficient (Wildman–Crippen LogP) is 4.64. The molecule has 0 fully saturated rings. The molecule has 0 spiro atoms. The predicted molar refractivity (Wildman–Crippen MR) is 74.4 cm³/mol. The Morgan fingerprint density at radius 3 is 2.47 bits per heavy atom. The van der Waals surface area contributed by atoms with E-state index >= 15 is 0 Å². The van der Waals surface area contributed by atoms with Gasteiger partial charge in [-0.05, 0) is 43.2 Å². The lowest BCUT2D eigenvalue weighted by Crippen LogP contribution is -1.96. The lowest BCUT2D eigenvalue weighted by Gasteiger charge is -2.09. The van der Waals surface area contributed by atoms with Crippen LogP contribution in [0.3, 0.4) is 0 Å². The molecule has 2 aromatic rings. The van der Waals surface area contributed by atoms with Crippen LogP contribution in [-0.2, 0) is 6.61 Å². The third kappa shape index (κ3) is 3.10. The second-order valence-corrected chi connectivity index (χ2v) is 4.98. The molecule has 2 aromatic carbocycles. The highest BCUT2D eigenvalue weighted by Crippen LogP contribution is 2.20. The zero-order valence-electron chi connectivity index (χ0n) is 10.0. The first-order chi connectivity index (χ1) is 8.16. The molecule has 88 valence electrons. The lowest BCUT2D eigenvalue weighted by atomic mass is 10.1. The van der Waals surface area contributed by atoms with E-state index in [1.165, 1.54) is 11.1 Å². The molecular formula is C15H15BrO. The van der Waals surface area contributed by atoms with Crippen LogP contribution in [0, 0.1) is 13.8 Å². The normalized spacial score (nSPS) is 10.3. The molecule has 0 aliphatic carbocycles. The lowest BCUT2D eigenvalue weighted by molar-refractivity contribution is 0.305. The van der Waals surface area contributed by atoms with Gasteiger partial charge in [0, 0.05) is 10.0 Å². The molecule has 0 atom stereocenters. The number of hydrogen-bond acceptors (Lipinski definition) is 1. The number of ether oxygens (including phenoxy) is 1. The second kappa shape index (κ2) is 5.37. The van der Waals surface area contributed by atoms with Crippen molar-refractivity contribution in [3.8, 4) is 5.75 Å². The van der Waals surface area contributed by atoms with Gasteiger partial charge in [-0.15, -0.1) is 0 Å². The van der Waals surface area contributed by atoms with Gasteiger partial charge in [-0.2, -0.15) is 0 Å². The molecule has 0 saturated carbocycles. The summed E-state index contributed by atoms with van der Waals surface area (Å²) < 4.78 is 6.87. The first kappa shape index (κ1) is 12.2. The van der Waals surface area contributed by atoms with Gasteiger partial charge in [0.25, 0.3) is 0 Å². The molecule has 0 saturated heterocycles. The zero-order chi connectivity index (χ0) is 12.3. The van der Waals surface area contributed by atoms with Crippen LogP contribution >= 0.6 is 15.9 Å². The summed E-state index contributed by atoms with van der Waals surface area (Å²) in [6, 6.07) is 14.3. The summed E-state index contributed by atoms with van der Waals surface area (Å²) in [4.78, 5) is 0. The van der Waals surface area contributed by atoms with Crippen LogP contribution in [0.15, 0.2) is 46.9 Å². The highest BCUT2D eigenvalue weighted by molar-refractivity contribution is 9.10. The van der Waals surface area contributed by atoms with Crippen LogP contribution in [0.5, 0.6) is 5.75 Å². The van der Waals surface area contributed by atoms with E-state index in [2.05, 4.69) is 48.0 Å². The van der Waals surface area contributed by atoms with Crippen molar-refractivity contribution in [2.45, 2.75) is 20.5 Å². The fourth-order valence-electron chi connectivity index (χ4n) is 1.58. The van der Waals surface area contributed by atoms with Gasteiger partial charge in [0.05, 0.1) is 0 Å². The Hall–Kier alpha value is -1.28. The second-order valence-electron chi connectivity index (χ2n) is 4.13. The van der Waals surface area contributed by atoms with Crippen molar-refractivity contribution in [2.75, 3.05) is 0 Å². The molecule has 0 aliphatic rings. The Balaban J connectivity index is 2.08. The monoisotopic (exact) mass is 290 g/mol. The molecule has 0 radical (unpaired) electrons. The van der Waals surface area contributed by atoms with Crippen molar-refractivity contribution < 1.29 is 4.74 Å². The fraction of sp³-hybridized carbons (Fsp3) is 0.200. The average Bonchev–Trinajstić information content (AvgIpc) is 2.32. The molecule has 17 heavy (non-hydrogen) atoms. The molecular weight excluding hydrogens is 276 g/mol. The number of aryl methyl sites for hydroxylation is 2. The minimum Gasteiger partial charge on any atom is -0.489 e. The van der Waals surface area contributed by atoms with Gasteiger partial charge in [0.15, 0.2) is 0 Å². The topological polar surface area (TPSA) is 9.23 Å². The Kier molecular flexibility index (Phi) is 3.85. The summed E-state index contributed by atoms with van der Waals surface area (Å²) in [5, 5.41) is 0. The third-order valence-electron chi connectivity index (χ3n) is 2.83. The highest BCUT2D eigenvalue weighted by Gasteiger charge is 2.01. The number of halogens is 1. The van der Waals surface area contributed by atoms with Crippen molar-refractivity contribution in [3.63, 3.8) is 0 Å². The molecule has 0 aromatic heterocycles. The maximum absolute atomic E-state index is 5.78. The van der Waals surface area contributed by atoms with Gasteiger partial charge >= 0.3 is 0 Å². The van der Waals surface area contributed by atoms with Crippen LogP contribution in [-0.4, -0.2) is 0 Å². The summed E-state index contributed by atoms with van der Waals surface area (Å²) in [5.74, 6) is 0.920. The van der Waals surface area contributed by atoms with E-state index < -0.39 is 0 Å². The molecule has 2 rings (SSSR count). The maximum Gasteiger partial charge on any atom is 0.120 e. The van der Waals surface area contributed by atoms with Gasteiger partial charge in [0.2, 0.25) is 0 Å². The smallest absolute Gasteiger partial charge is 0.120 e. The molecule has 0 amide bonds. The number of benzene rings is 2. The summed E-state index contributed by atoms with van der Waals surface area (Å²) in [7, 11) is 0. The van der Waals surface area contributed by atoms with Crippen LogP contribution in [0.4, 0.5) is 0 Å². The van der Waals surface area contributed by atoms with Gasteiger partial charge in [-0.25, -0.2) is 0 Å². The molecule has 0 bridgehead atoms. The first-order valence-electron chi connectivity index (χ1n) is 5.60. The van der Waals surface area contributed by atoms with Gasteiger partial charge in [-0.3, -0.25) is 0 Å². The maximum atomic E-state index is 5.78. The van der Waals surface area contributed by atoms with Crippen molar-refractivity contribution in [2.24, 2.45) is 0 Å². The summed E-state index contributed by atoms with van der Waals surface area (Å²) in [6.45, 7) is 4.79. The standard InChI is InChI=1S/C15H15BrO/c1-11-7-8-14(9-12(11)2)17-10-13-5-3-4-6-15(13)16/h3-9H,10H2,1-2H3. The number of hydrogen-bond donors (Lipinski definition) is 0. The van der Waals surface area contributed by atoms with Gasteiger partial charge < -0.3 is 4.74 Å². The van der Waals surface area contributed by atoms with Crippen LogP contribution in [0.2, 0.25) is 0 Å². The fourth-order valence-corrected chi connectivity index (χ4v) is 1.98. The highest BCUT2D eigenvalue weighted by atomic mass is 79.9. The molecule has 2 heteroatoms. The first-order valence-corrected chi connectivity index (χ1v) is 6.39. The average molecular weight is 291 g/mol. The Labute approximate surface area is 111 Å². The minimum atomic E-state index is 0.587. The Morgan fingerprint density at radius 1 is 1.00 bits per heavy atom. The Bertz CT molecular complexity index is 520. The quantitative estimate of drug-likeness (QED) is 0.800. The van der Waals surface area contributed by atoms with Crippen molar-refractivity contribution in [3.05, 3.63) is 63.6 Å². The zero-order valence-corrected chi connectivity index (χ0v) is 11.6. The van der Waals surface area contributed by atoms with E-state index in [4.69, 9.17) is 4.74 Å². The van der Waals surface area contributed by atoms with E-state index in [1.54, 1.807) is 0 Å². The molecule has 1 nitrogen and oxygen atoms in total. The van der Waals surface area contributed by atoms with E-state index in [0.29, 0.717) is 6.61 Å². The summed E-state index contributed by atoms with van der Waals surface area (Å²) >= 11 is 3.52. The third-order valence-corrected chi connectivity index (χ3v) is 3.60. The summed E-state index contributed by atoms with van der Waals surface area (Å²) in [5.41, 5.74) is 3.71. The van der Waals surface area contributed by atoms with E-state index in [0.717, 1.165) is 15.8 Å². The van der Waals surface area contributed by atoms with Crippen molar-refractivity contribution in [1.82, 2.24) is 0 Å². The van der Waals surface area contributed by atoms with Crippen LogP contribution in [0.1, 0.15) is 16.7 Å². The SMILES string of the molecule is Cc1ccc(OCc2ccccc2Br)cc1C. The van der Waals surface area contributed by atoms with E-state index in [-0.39, 0.29) is 0 Å². The molecule has 0 N–H and O–H groups in total. The minimum absolute atomic E-state index is 0.587. The van der Waals surface area contributed by atoms with Crippen molar-refractivity contribution in [1.29, 1.82) is 0 Å². The largest absolute Gasteiger partial charge is 0.489 e. The Morgan fingerprint density at radius 2 is 1.76 bits per heavy atom. The molecule has 0 heterocycles. The van der Waals surface area contributed by atoms with Gasteiger partial charge in [-0.1, -0.05) is 40.2 Å². The molecule has 0 unspecified atom stereocenters. The van der Waals surface area contributed by atoms with E-state index in [1.807, 2.05) is 24.3 Å². The van der Waals surface area contributed by atoms with Gasteiger partial charge in [0.1, 0.15) is 12.4 Å².